The fourth-order valence-electron chi connectivity index (χ4n) is 2.76. The number of rotatable bonds is 6. The summed E-state index contributed by atoms with van der Waals surface area (Å²) in [6.07, 6.45) is 3.25. The predicted octanol–water partition coefficient (Wildman–Crippen LogP) is 3.32. The van der Waals surface area contributed by atoms with Crippen LogP contribution < -0.4 is 5.32 Å². The van der Waals surface area contributed by atoms with Gasteiger partial charge in [-0.1, -0.05) is 27.7 Å². The van der Waals surface area contributed by atoms with Crippen LogP contribution in [-0.4, -0.2) is 41.3 Å². The first-order valence-electron chi connectivity index (χ1n) is 8.80. The van der Waals surface area contributed by atoms with E-state index in [2.05, 4.69) is 43.0 Å². The number of carbonyl (C=O) groups is 1. The summed E-state index contributed by atoms with van der Waals surface area (Å²) in [4.78, 5) is 20.9. The third-order valence-electron chi connectivity index (χ3n) is 4.14. The molecule has 0 aromatic carbocycles. The van der Waals surface area contributed by atoms with E-state index in [-0.39, 0.29) is 23.4 Å². The summed E-state index contributed by atoms with van der Waals surface area (Å²) in [7, 11) is 0. The lowest BCUT2D eigenvalue weighted by atomic mass is 9.92. The van der Waals surface area contributed by atoms with Crippen LogP contribution >= 0.6 is 0 Å². The minimum atomic E-state index is -0.489. The number of anilines is 1. The molecule has 2 unspecified atom stereocenters. The first kappa shape index (κ1) is 18.6. The minimum Gasteiger partial charge on any atom is -0.460 e. The molecule has 1 aliphatic rings. The Kier molecular flexibility index (Phi) is 6.15. The quantitative estimate of drug-likeness (QED) is 0.804. The van der Waals surface area contributed by atoms with E-state index >= 15 is 0 Å². The number of esters is 1. The van der Waals surface area contributed by atoms with E-state index in [1.165, 1.54) is 0 Å². The zero-order valence-corrected chi connectivity index (χ0v) is 15.4. The van der Waals surface area contributed by atoms with Crippen molar-refractivity contribution in [3.05, 3.63) is 17.6 Å². The van der Waals surface area contributed by atoms with Gasteiger partial charge < -0.3 is 14.8 Å². The summed E-state index contributed by atoms with van der Waals surface area (Å²) in [6.45, 7) is 11.2. The second-order valence-electron chi connectivity index (χ2n) is 7.14. The van der Waals surface area contributed by atoms with Gasteiger partial charge in [0.25, 0.3) is 0 Å². The molecule has 0 bridgehead atoms. The van der Waals surface area contributed by atoms with Crippen molar-refractivity contribution in [2.75, 3.05) is 18.5 Å². The van der Waals surface area contributed by atoms with E-state index in [0.29, 0.717) is 12.4 Å². The highest BCUT2D eigenvalue weighted by Gasteiger charge is 2.26. The van der Waals surface area contributed by atoms with Gasteiger partial charge in [0.05, 0.1) is 24.4 Å². The number of nitrogens with one attached hydrogen (secondary N) is 1. The zero-order valence-electron chi connectivity index (χ0n) is 15.4. The lowest BCUT2D eigenvalue weighted by Crippen LogP contribution is -2.33. The smallest absolute Gasteiger partial charge is 0.376 e. The Labute approximate surface area is 144 Å². The van der Waals surface area contributed by atoms with Crippen molar-refractivity contribution in [2.24, 2.45) is 0 Å². The highest BCUT2D eigenvalue weighted by molar-refractivity contribution is 5.85. The Morgan fingerprint density at radius 3 is 2.71 bits per heavy atom. The highest BCUT2D eigenvalue weighted by Crippen LogP contribution is 2.25. The molecule has 0 aliphatic carbocycles. The molecule has 24 heavy (non-hydrogen) atoms. The number of ether oxygens (including phenoxy) is 2. The molecular weight excluding hydrogens is 306 g/mol. The second kappa shape index (κ2) is 7.92. The van der Waals surface area contributed by atoms with Crippen molar-refractivity contribution in [1.82, 2.24) is 9.97 Å². The largest absolute Gasteiger partial charge is 0.460 e. The molecule has 6 heteroatoms. The number of nitrogens with zero attached hydrogens (tertiary/aromatic N) is 2. The number of hydrogen-bond acceptors (Lipinski definition) is 6. The van der Waals surface area contributed by atoms with Crippen LogP contribution in [0, 0.1) is 0 Å². The van der Waals surface area contributed by atoms with E-state index in [9.17, 15) is 4.79 Å². The molecule has 6 nitrogen and oxygen atoms in total. The van der Waals surface area contributed by atoms with Gasteiger partial charge in [-0.25, -0.2) is 14.8 Å². The van der Waals surface area contributed by atoms with Gasteiger partial charge in [0, 0.05) is 18.1 Å². The van der Waals surface area contributed by atoms with Crippen molar-refractivity contribution in [3.8, 4) is 0 Å². The third kappa shape index (κ3) is 4.66. The normalized spacial score (nSPS) is 19.1. The molecule has 0 spiro atoms. The molecule has 134 valence electrons. The summed E-state index contributed by atoms with van der Waals surface area (Å²) in [5, 5.41) is 3.44. The maximum Gasteiger partial charge on any atom is 0.376 e. The van der Waals surface area contributed by atoms with E-state index in [1.54, 1.807) is 6.92 Å². The fourth-order valence-corrected chi connectivity index (χ4v) is 2.76. The molecule has 1 N–H and O–H groups in total. The number of carbonyl (C=O) groups excluding carboxylic acids is 1. The summed E-state index contributed by atoms with van der Waals surface area (Å²) in [5.74, 6) is 0.270. The molecule has 1 aromatic heterocycles. The van der Waals surface area contributed by atoms with Gasteiger partial charge >= 0.3 is 5.97 Å². The Balaban J connectivity index is 2.29. The van der Waals surface area contributed by atoms with Gasteiger partial charge in [0.1, 0.15) is 5.82 Å². The average Bonchev–Trinajstić information content (AvgIpc) is 3.06. The van der Waals surface area contributed by atoms with Crippen LogP contribution in [0.15, 0.2) is 6.07 Å². The second-order valence-corrected chi connectivity index (χ2v) is 7.14. The van der Waals surface area contributed by atoms with Gasteiger partial charge in [0.2, 0.25) is 5.82 Å². The summed E-state index contributed by atoms with van der Waals surface area (Å²) in [5.41, 5.74) is 0.622. The van der Waals surface area contributed by atoms with Crippen LogP contribution in [-0.2, 0) is 14.9 Å². The first-order valence-corrected chi connectivity index (χ1v) is 8.80. The van der Waals surface area contributed by atoms with E-state index in [0.717, 1.165) is 31.6 Å². The van der Waals surface area contributed by atoms with Crippen LogP contribution in [0.1, 0.15) is 70.2 Å². The van der Waals surface area contributed by atoms with Crippen LogP contribution in [0.3, 0.4) is 0 Å². The van der Waals surface area contributed by atoms with Crippen LogP contribution in [0.25, 0.3) is 0 Å². The lowest BCUT2D eigenvalue weighted by Gasteiger charge is -2.25. The fraction of sp³-hybridized carbons (Fsp3) is 0.722. The monoisotopic (exact) mass is 335 g/mol. The predicted molar refractivity (Wildman–Crippen MR) is 93.4 cm³/mol. The van der Waals surface area contributed by atoms with Crippen molar-refractivity contribution in [2.45, 2.75) is 71.4 Å². The van der Waals surface area contributed by atoms with Crippen molar-refractivity contribution >= 4 is 11.8 Å². The number of hydrogen-bond donors (Lipinski definition) is 1. The average molecular weight is 335 g/mol. The van der Waals surface area contributed by atoms with Gasteiger partial charge in [0.15, 0.2) is 0 Å². The van der Waals surface area contributed by atoms with Crippen molar-refractivity contribution < 1.29 is 14.3 Å². The number of aromatic nitrogens is 2. The Morgan fingerprint density at radius 2 is 2.17 bits per heavy atom. The summed E-state index contributed by atoms with van der Waals surface area (Å²) in [6, 6.07) is 2.09. The van der Waals surface area contributed by atoms with E-state index in [1.807, 2.05) is 6.07 Å². The zero-order chi connectivity index (χ0) is 17.7. The molecule has 2 rings (SSSR count). The Bertz CT molecular complexity index is 563. The summed E-state index contributed by atoms with van der Waals surface area (Å²) >= 11 is 0. The molecule has 0 amide bonds. The van der Waals surface area contributed by atoms with Crippen LogP contribution in [0.2, 0.25) is 0 Å². The maximum atomic E-state index is 12.1. The van der Waals surface area contributed by atoms with Crippen LogP contribution in [0.5, 0.6) is 0 Å². The molecule has 1 aliphatic heterocycles. The molecule has 1 aromatic rings. The van der Waals surface area contributed by atoms with Gasteiger partial charge in [-0.3, -0.25) is 0 Å². The molecule has 2 heterocycles. The van der Waals surface area contributed by atoms with Gasteiger partial charge in [-0.2, -0.15) is 0 Å². The minimum absolute atomic E-state index is 0.106. The molecule has 0 saturated carbocycles. The molecule has 0 radical (unpaired) electrons. The standard InChI is InChI=1S/C18H29N3O3/c1-6-12(13-9-8-10-24-13)19-15-11-14(18(3,4)5)20-16(21-15)17(22)23-7-2/h11-13H,6-10H2,1-5H3,(H,19,20,21). The van der Waals surface area contributed by atoms with Crippen molar-refractivity contribution in [1.29, 1.82) is 0 Å². The first-order chi connectivity index (χ1) is 11.3. The molecule has 1 saturated heterocycles. The Hall–Kier alpha value is -1.69. The molecule has 1 fully saturated rings. The lowest BCUT2D eigenvalue weighted by molar-refractivity contribution is 0.0511. The van der Waals surface area contributed by atoms with Gasteiger partial charge in [-0.05, 0) is 26.2 Å². The van der Waals surface area contributed by atoms with E-state index in [4.69, 9.17) is 9.47 Å². The SMILES string of the molecule is CCOC(=O)c1nc(NC(CC)C2CCCO2)cc(C(C)(C)C)n1. The van der Waals surface area contributed by atoms with Gasteiger partial charge in [-0.15, -0.1) is 0 Å². The third-order valence-corrected chi connectivity index (χ3v) is 4.14. The topological polar surface area (TPSA) is 73.3 Å². The maximum absolute atomic E-state index is 12.1. The molecule has 2 atom stereocenters. The Morgan fingerprint density at radius 1 is 1.42 bits per heavy atom. The highest BCUT2D eigenvalue weighted by atomic mass is 16.5. The van der Waals surface area contributed by atoms with E-state index < -0.39 is 5.97 Å². The summed E-state index contributed by atoms with van der Waals surface area (Å²) < 4.78 is 10.9. The van der Waals surface area contributed by atoms with Crippen LogP contribution in [0.4, 0.5) is 5.82 Å². The molecular formula is C18H29N3O3. The van der Waals surface area contributed by atoms with Crippen molar-refractivity contribution in [3.63, 3.8) is 0 Å².